The fourth-order valence-corrected chi connectivity index (χ4v) is 6.01. The zero-order chi connectivity index (χ0) is 25.2. The van der Waals surface area contributed by atoms with E-state index in [4.69, 9.17) is 19.9 Å². The molecule has 8 nitrogen and oxygen atoms in total. The third-order valence-corrected chi connectivity index (χ3v) is 8.16. The molecule has 1 heterocycles. The average molecular weight is 513 g/mol. The van der Waals surface area contributed by atoms with Gasteiger partial charge in [0, 0.05) is 4.90 Å². The molecule has 3 aromatic rings. The molecule has 3 N–H and O–H groups in total. The fourth-order valence-electron chi connectivity index (χ4n) is 3.67. The number of rotatable bonds is 7. The molecule has 1 aliphatic heterocycles. The van der Waals surface area contributed by atoms with Crippen LogP contribution in [0.2, 0.25) is 0 Å². The molecule has 0 saturated heterocycles. The molecule has 0 bridgehead atoms. The molecule has 0 unspecified atom stereocenters. The molecule has 0 fully saturated rings. The van der Waals surface area contributed by atoms with Crippen molar-refractivity contribution in [3.05, 3.63) is 70.6 Å². The van der Waals surface area contributed by atoms with Gasteiger partial charge in [-0.15, -0.1) is 0 Å². The van der Waals surface area contributed by atoms with E-state index >= 15 is 0 Å². The molecule has 0 radical (unpaired) electrons. The molecule has 0 aromatic heterocycles. The highest BCUT2D eigenvalue weighted by Crippen LogP contribution is 2.41. The highest BCUT2D eigenvalue weighted by atomic mass is 32.2. The van der Waals surface area contributed by atoms with E-state index in [1.165, 1.54) is 45.2 Å². The maximum Gasteiger partial charge on any atom is 0.262 e. The van der Waals surface area contributed by atoms with Gasteiger partial charge < -0.3 is 25.3 Å². The van der Waals surface area contributed by atoms with Gasteiger partial charge in [0.2, 0.25) is 0 Å². The van der Waals surface area contributed by atoms with Crippen LogP contribution in [-0.4, -0.2) is 35.7 Å². The molecule has 4 rings (SSSR count). The first kappa shape index (κ1) is 24.5. The van der Waals surface area contributed by atoms with Crippen LogP contribution in [0.4, 0.5) is 11.4 Å². The third-order valence-electron chi connectivity index (χ3n) is 5.42. The Morgan fingerprint density at radius 2 is 1.63 bits per heavy atom. The maximum absolute atomic E-state index is 13.2. The molecule has 0 aliphatic carbocycles. The normalized spacial score (nSPS) is 14.3. The van der Waals surface area contributed by atoms with Crippen molar-refractivity contribution in [2.75, 3.05) is 32.4 Å². The van der Waals surface area contributed by atoms with Gasteiger partial charge in [-0.1, -0.05) is 23.9 Å². The van der Waals surface area contributed by atoms with E-state index in [0.29, 0.717) is 39.1 Å². The topological polar surface area (TPSA) is 117 Å². The lowest BCUT2D eigenvalue weighted by Gasteiger charge is -2.20. The number of nitrogens with one attached hydrogen (secondary N) is 1. The van der Waals surface area contributed by atoms with Crippen molar-refractivity contribution in [3.8, 4) is 17.2 Å². The highest BCUT2D eigenvalue weighted by Gasteiger charge is 2.26. The Hall–Kier alpha value is -3.63. The van der Waals surface area contributed by atoms with E-state index in [2.05, 4.69) is 5.32 Å². The largest absolute Gasteiger partial charge is 0.496 e. The zero-order valence-electron chi connectivity index (χ0n) is 19.3. The fraction of sp³-hybridized carbons (Fsp3) is 0.160. The summed E-state index contributed by atoms with van der Waals surface area (Å²) in [6, 6.07) is 15.0. The van der Waals surface area contributed by atoms with Crippen molar-refractivity contribution in [3.63, 3.8) is 0 Å². The second kappa shape index (κ2) is 9.93. The van der Waals surface area contributed by atoms with E-state index < -0.39 is 9.84 Å². The predicted octanol–water partition coefficient (Wildman–Crippen LogP) is 4.35. The van der Waals surface area contributed by atoms with Crippen molar-refractivity contribution in [1.29, 1.82) is 0 Å². The summed E-state index contributed by atoms with van der Waals surface area (Å²) in [5, 5.41) is 2.79. The maximum atomic E-state index is 13.2. The Balaban J connectivity index is 1.62. The van der Waals surface area contributed by atoms with Crippen LogP contribution < -0.4 is 25.3 Å². The number of ether oxygens (including phenoxy) is 3. The Morgan fingerprint density at radius 1 is 0.943 bits per heavy atom. The van der Waals surface area contributed by atoms with Gasteiger partial charge in [0.25, 0.3) is 5.91 Å². The molecule has 0 atom stereocenters. The van der Waals surface area contributed by atoms with Crippen LogP contribution in [0.3, 0.4) is 0 Å². The minimum Gasteiger partial charge on any atom is -0.496 e. The van der Waals surface area contributed by atoms with Gasteiger partial charge in [0.1, 0.15) is 17.2 Å². The van der Waals surface area contributed by atoms with Crippen LogP contribution >= 0.6 is 11.8 Å². The van der Waals surface area contributed by atoms with E-state index in [1.807, 2.05) is 0 Å². The summed E-state index contributed by atoms with van der Waals surface area (Å²) >= 11 is 1.25. The standard InChI is InChI=1S/C25H24N2O6S2/c1-31-20-5-4-6-21(32-2)17(20)14-35(29,30)16-8-10-23-19(13-16)27-25(28)24(34-23)12-15-7-9-22(33-3)18(26)11-15/h4-13H,14,26H2,1-3H3,(H,27,28)/b24-12-. The number of hydrogen-bond acceptors (Lipinski definition) is 8. The number of carbonyl (C=O) groups is 1. The molecule has 182 valence electrons. The lowest BCUT2D eigenvalue weighted by molar-refractivity contribution is -0.112. The van der Waals surface area contributed by atoms with Gasteiger partial charge >= 0.3 is 0 Å². The number of sulfone groups is 1. The van der Waals surface area contributed by atoms with Gasteiger partial charge in [0.15, 0.2) is 9.84 Å². The number of amides is 1. The Morgan fingerprint density at radius 3 is 2.26 bits per heavy atom. The second-order valence-electron chi connectivity index (χ2n) is 7.62. The van der Waals surface area contributed by atoms with E-state index in [1.54, 1.807) is 48.5 Å². The molecule has 0 spiro atoms. The van der Waals surface area contributed by atoms with E-state index in [0.717, 1.165) is 10.5 Å². The summed E-state index contributed by atoms with van der Waals surface area (Å²) in [7, 11) is 0.719. The summed E-state index contributed by atoms with van der Waals surface area (Å²) < 4.78 is 42.3. The van der Waals surface area contributed by atoms with E-state index in [9.17, 15) is 13.2 Å². The monoisotopic (exact) mass is 512 g/mol. The first-order chi connectivity index (χ1) is 16.7. The minimum absolute atomic E-state index is 0.0838. The molecule has 1 amide bonds. The summed E-state index contributed by atoms with van der Waals surface area (Å²) in [5.41, 5.74) is 8.03. The Kier molecular flexibility index (Phi) is 6.95. The van der Waals surface area contributed by atoms with Crippen LogP contribution in [0.25, 0.3) is 6.08 Å². The Labute approximate surface area is 208 Å². The summed E-state index contributed by atoms with van der Waals surface area (Å²) in [5.74, 6) is 0.743. The lowest BCUT2D eigenvalue weighted by atomic mass is 10.1. The van der Waals surface area contributed by atoms with Gasteiger partial charge in [-0.25, -0.2) is 8.42 Å². The van der Waals surface area contributed by atoms with Crippen LogP contribution in [0.1, 0.15) is 11.1 Å². The van der Waals surface area contributed by atoms with Crippen molar-refractivity contribution in [2.24, 2.45) is 0 Å². The van der Waals surface area contributed by atoms with Crippen molar-refractivity contribution < 1.29 is 27.4 Å². The number of nitrogen functional groups attached to an aromatic ring is 1. The van der Waals surface area contributed by atoms with Gasteiger partial charge in [-0.05, 0) is 54.1 Å². The molecular weight excluding hydrogens is 488 g/mol. The first-order valence-corrected chi connectivity index (χ1v) is 12.9. The zero-order valence-corrected chi connectivity index (χ0v) is 21.0. The quantitative estimate of drug-likeness (QED) is 0.354. The van der Waals surface area contributed by atoms with Crippen molar-refractivity contribution in [2.45, 2.75) is 15.5 Å². The minimum atomic E-state index is -3.76. The van der Waals surface area contributed by atoms with Crippen molar-refractivity contribution in [1.82, 2.24) is 0 Å². The van der Waals surface area contributed by atoms with Gasteiger partial charge in [-0.2, -0.15) is 0 Å². The number of fused-ring (bicyclic) bond motifs is 1. The van der Waals surface area contributed by atoms with Gasteiger partial charge in [0.05, 0.1) is 53.8 Å². The number of carbonyl (C=O) groups excluding carboxylic acids is 1. The third kappa shape index (κ3) is 5.08. The molecular formula is C25H24N2O6S2. The van der Waals surface area contributed by atoms with E-state index in [-0.39, 0.29) is 16.6 Å². The summed E-state index contributed by atoms with van der Waals surface area (Å²) in [4.78, 5) is 14.0. The number of hydrogen-bond donors (Lipinski definition) is 2. The smallest absolute Gasteiger partial charge is 0.262 e. The second-order valence-corrected chi connectivity index (χ2v) is 10.7. The predicted molar refractivity (Wildman–Crippen MR) is 137 cm³/mol. The van der Waals surface area contributed by atoms with Crippen molar-refractivity contribution >= 4 is 45.0 Å². The molecule has 1 aliphatic rings. The number of methoxy groups -OCH3 is 3. The number of thioether (sulfide) groups is 1. The molecule has 10 heteroatoms. The molecule has 0 saturated carbocycles. The van der Waals surface area contributed by atoms with Crippen LogP contribution in [0.5, 0.6) is 17.2 Å². The summed E-state index contributed by atoms with van der Waals surface area (Å²) in [6.07, 6.45) is 1.72. The van der Waals surface area contributed by atoms with Crippen LogP contribution in [0, 0.1) is 0 Å². The molecule has 3 aromatic carbocycles. The number of nitrogens with two attached hydrogens (primary N) is 1. The summed E-state index contributed by atoms with van der Waals surface area (Å²) in [6.45, 7) is 0. The highest BCUT2D eigenvalue weighted by molar-refractivity contribution is 8.04. The van der Waals surface area contributed by atoms with Crippen LogP contribution in [0.15, 0.2) is 69.3 Å². The van der Waals surface area contributed by atoms with Gasteiger partial charge in [-0.3, -0.25) is 4.79 Å². The Bertz CT molecular complexity index is 1410. The molecule has 35 heavy (non-hydrogen) atoms. The van der Waals surface area contributed by atoms with Crippen LogP contribution in [-0.2, 0) is 20.4 Å². The lowest BCUT2D eigenvalue weighted by Crippen LogP contribution is -2.18. The number of benzene rings is 3. The number of anilines is 2. The SMILES string of the molecule is COc1ccc(/C=C2\Sc3ccc(S(=O)(=O)Cc4c(OC)cccc4OC)cc3NC2=O)cc1N. The first-order valence-electron chi connectivity index (χ1n) is 10.5. The average Bonchev–Trinajstić information content (AvgIpc) is 2.84.